The first-order valence-electron chi connectivity index (χ1n) is 9.83. The lowest BCUT2D eigenvalue weighted by molar-refractivity contribution is 0.0689. The van der Waals surface area contributed by atoms with Crippen molar-refractivity contribution in [3.8, 4) is 11.5 Å². The van der Waals surface area contributed by atoms with E-state index in [2.05, 4.69) is 27.5 Å². The summed E-state index contributed by atoms with van der Waals surface area (Å²) < 4.78 is 16.0. The highest BCUT2D eigenvalue weighted by molar-refractivity contribution is 14.0. The van der Waals surface area contributed by atoms with Crippen LogP contribution in [0.2, 0.25) is 0 Å². The maximum absolute atomic E-state index is 5.59. The predicted molar refractivity (Wildman–Crippen MR) is 127 cm³/mol. The van der Waals surface area contributed by atoms with E-state index >= 15 is 0 Å². The molecular formula is C21H33IN4O3. The van der Waals surface area contributed by atoms with Crippen LogP contribution in [0.4, 0.5) is 0 Å². The Labute approximate surface area is 190 Å². The maximum Gasteiger partial charge on any atom is 0.226 e. The number of hydrogen-bond donors (Lipinski definition) is 2. The summed E-state index contributed by atoms with van der Waals surface area (Å²) in [6, 6.07) is 8.12. The van der Waals surface area contributed by atoms with Crippen LogP contribution in [0, 0.1) is 6.92 Å². The Bertz CT molecular complexity index is 704. The number of aliphatic imine (C=N–C) groups is 1. The zero-order chi connectivity index (χ0) is 20.0. The lowest BCUT2D eigenvalue weighted by atomic mass is 10.1. The molecule has 2 N–H and O–H groups in total. The molecule has 2 rings (SSSR count). The molecule has 7 nitrogen and oxygen atoms in total. The number of methoxy groups -OCH3 is 1. The van der Waals surface area contributed by atoms with Crippen molar-refractivity contribution in [2.45, 2.75) is 33.2 Å². The minimum absolute atomic E-state index is 0. The van der Waals surface area contributed by atoms with Crippen molar-refractivity contribution >= 4 is 29.9 Å². The summed E-state index contributed by atoms with van der Waals surface area (Å²) in [7, 11) is 1.68. The molecule has 0 amide bonds. The fourth-order valence-corrected chi connectivity index (χ4v) is 2.49. The number of guanidine groups is 1. The van der Waals surface area contributed by atoms with E-state index < -0.39 is 0 Å². The summed E-state index contributed by atoms with van der Waals surface area (Å²) in [5, 5.41) is 6.59. The topological polar surface area (TPSA) is 80.9 Å². The van der Waals surface area contributed by atoms with Gasteiger partial charge in [0, 0.05) is 32.4 Å². The van der Waals surface area contributed by atoms with Crippen molar-refractivity contribution in [3.63, 3.8) is 0 Å². The van der Waals surface area contributed by atoms with Gasteiger partial charge in [-0.25, -0.2) is 9.98 Å². The first-order valence-corrected chi connectivity index (χ1v) is 9.83. The standard InChI is InChI=1S/C21H32N4O3.HI/c1-4-22-21(23-11-5-6-12-27-14-13-26-3)24-15-19-16-28-20(25-19)18-9-7-17(2)8-10-18;/h7-10,16H,4-6,11-15H2,1-3H3,(H2,22,23,24);1H. The van der Waals surface area contributed by atoms with Crippen LogP contribution >= 0.6 is 24.0 Å². The molecule has 0 spiro atoms. The summed E-state index contributed by atoms with van der Waals surface area (Å²) >= 11 is 0. The Kier molecular flexibility index (Phi) is 13.3. The number of oxazole rings is 1. The van der Waals surface area contributed by atoms with E-state index in [4.69, 9.17) is 13.9 Å². The molecule has 0 atom stereocenters. The summed E-state index contributed by atoms with van der Waals surface area (Å²) in [6.45, 7) is 8.26. The van der Waals surface area contributed by atoms with Gasteiger partial charge in [0.25, 0.3) is 0 Å². The number of rotatable bonds is 12. The molecule has 29 heavy (non-hydrogen) atoms. The average Bonchev–Trinajstić information content (AvgIpc) is 3.17. The molecule has 0 saturated carbocycles. The van der Waals surface area contributed by atoms with Gasteiger partial charge in [0.05, 0.1) is 19.8 Å². The number of halogens is 1. The van der Waals surface area contributed by atoms with Crippen LogP contribution in [-0.2, 0) is 16.0 Å². The lowest BCUT2D eigenvalue weighted by Gasteiger charge is -2.11. The molecular weight excluding hydrogens is 483 g/mol. The smallest absolute Gasteiger partial charge is 0.226 e. The number of benzene rings is 1. The zero-order valence-corrected chi connectivity index (χ0v) is 19.9. The van der Waals surface area contributed by atoms with Crippen LogP contribution in [0.25, 0.3) is 11.5 Å². The van der Waals surface area contributed by atoms with Crippen molar-refractivity contribution in [1.82, 2.24) is 15.6 Å². The molecule has 1 aromatic carbocycles. The lowest BCUT2D eigenvalue weighted by Crippen LogP contribution is -2.37. The molecule has 1 aromatic heterocycles. The van der Waals surface area contributed by atoms with Crippen LogP contribution in [0.5, 0.6) is 0 Å². The second-order valence-electron chi connectivity index (χ2n) is 6.44. The van der Waals surface area contributed by atoms with Gasteiger partial charge in [0.15, 0.2) is 5.96 Å². The highest BCUT2D eigenvalue weighted by Crippen LogP contribution is 2.19. The Morgan fingerprint density at radius 2 is 1.90 bits per heavy atom. The van der Waals surface area contributed by atoms with E-state index in [1.807, 2.05) is 31.2 Å². The van der Waals surface area contributed by atoms with Crippen molar-refractivity contribution in [3.05, 3.63) is 41.8 Å². The first kappa shape index (κ1) is 25.4. The molecule has 0 radical (unpaired) electrons. The van der Waals surface area contributed by atoms with E-state index in [1.54, 1.807) is 13.4 Å². The number of aromatic nitrogens is 1. The number of unbranched alkanes of at least 4 members (excludes halogenated alkanes) is 1. The molecule has 0 bridgehead atoms. The van der Waals surface area contributed by atoms with Crippen molar-refractivity contribution in [1.29, 1.82) is 0 Å². The largest absolute Gasteiger partial charge is 0.444 e. The predicted octanol–water partition coefficient (Wildman–Crippen LogP) is 3.77. The van der Waals surface area contributed by atoms with E-state index in [9.17, 15) is 0 Å². The van der Waals surface area contributed by atoms with Gasteiger partial charge in [-0.15, -0.1) is 24.0 Å². The van der Waals surface area contributed by atoms with E-state index in [0.717, 1.165) is 49.8 Å². The van der Waals surface area contributed by atoms with Gasteiger partial charge in [-0.1, -0.05) is 17.7 Å². The molecule has 0 aliphatic heterocycles. The van der Waals surface area contributed by atoms with Gasteiger partial charge in [-0.2, -0.15) is 0 Å². The SMILES string of the molecule is CCNC(=NCc1coc(-c2ccc(C)cc2)n1)NCCCCOCCOC.I. The summed E-state index contributed by atoms with van der Waals surface area (Å²) in [5.74, 6) is 1.40. The molecule has 8 heteroatoms. The Morgan fingerprint density at radius 1 is 1.10 bits per heavy atom. The third-order valence-electron chi connectivity index (χ3n) is 4.03. The average molecular weight is 516 g/mol. The minimum Gasteiger partial charge on any atom is -0.444 e. The van der Waals surface area contributed by atoms with Crippen LogP contribution in [0.1, 0.15) is 31.0 Å². The molecule has 0 fully saturated rings. The monoisotopic (exact) mass is 516 g/mol. The molecule has 162 valence electrons. The highest BCUT2D eigenvalue weighted by Gasteiger charge is 2.06. The highest BCUT2D eigenvalue weighted by atomic mass is 127. The van der Waals surface area contributed by atoms with Gasteiger partial charge in [-0.05, 0) is 38.8 Å². The molecule has 2 aromatic rings. The fourth-order valence-electron chi connectivity index (χ4n) is 2.49. The number of nitrogens with one attached hydrogen (secondary N) is 2. The second kappa shape index (κ2) is 15.2. The van der Waals surface area contributed by atoms with E-state index in [1.165, 1.54) is 5.56 Å². The number of hydrogen-bond acceptors (Lipinski definition) is 5. The normalized spacial score (nSPS) is 11.2. The van der Waals surface area contributed by atoms with E-state index in [-0.39, 0.29) is 24.0 Å². The third kappa shape index (κ3) is 10.1. The number of aryl methyl sites for hydroxylation is 1. The van der Waals surface area contributed by atoms with Crippen molar-refractivity contribution in [2.75, 3.05) is 40.0 Å². The first-order chi connectivity index (χ1) is 13.7. The van der Waals surface area contributed by atoms with Crippen LogP contribution in [0.15, 0.2) is 39.9 Å². The van der Waals surface area contributed by atoms with Gasteiger partial charge < -0.3 is 24.5 Å². The molecule has 0 aliphatic carbocycles. The number of ether oxygens (including phenoxy) is 2. The van der Waals surface area contributed by atoms with Gasteiger partial charge in [0.2, 0.25) is 5.89 Å². The van der Waals surface area contributed by atoms with Crippen molar-refractivity contribution < 1.29 is 13.9 Å². The Hall–Kier alpha value is -1.65. The van der Waals surface area contributed by atoms with Gasteiger partial charge in [-0.3, -0.25) is 0 Å². The molecule has 0 unspecified atom stereocenters. The fraction of sp³-hybridized carbons (Fsp3) is 0.524. The van der Waals surface area contributed by atoms with Gasteiger partial charge >= 0.3 is 0 Å². The van der Waals surface area contributed by atoms with Crippen LogP contribution < -0.4 is 10.6 Å². The van der Waals surface area contributed by atoms with Crippen molar-refractivity contribution in [2.24, 2.45) is 4.99 Å². The minimum atomic E-state index is 0. The molecule has 1 heterocycles. The summed E-state index contributed by atoms with van der Waals surface area (Å²) in [5.41, 5.74) is 2.99. The Morgan fingerprint density at radius 3 is 2.62 bits per heavy atom. The summed E-state index contributed by atoms with van der Waals surface area (Å²) in [6.07, 6.45) is 3.68. The molecule has 0 saturated heterocycles. The van der Waals surface area contributed by atoms with Gasteiger partial charge in [0.1, 0.15) is 12.0 Å². The van der Waals surface area contributed by atoms with E-state index in [0.29, 0.717) is 25.6 Å². The van der Waals surface area contributed by atoms with Crippen LogP contribution in [-0.4, -0.2) is 51.0 Å². The maximum atomic E-state index is 5.59. The number of nitrogens with zero attached hydrogens (tertiary/aromatic N) is 2. The second-order valence-corrected chi connectivity index (χ2v) is 6.44. The Balaban J connectivity index is 0.00000420. The molecule has 0 aliphatic rings. The zero-order valence-electron chi connectivity index (χ0n) is 17.6. The summed E-state index contributed by atoms with van der Waals surface area (Å²) in [4.78, 5) is 9.12. The van der Waals surface area contributed by atoms with Crippen LogP contribution in [0.3, 0.4) is 0 Å². The third-order valence-corrected chi connectivity index (χ3v) is 4.03. The quantitative estimate of drug-likeness (QED) is 0.194.